The molecule has 26 heavy (non-hydrogen) atoms. The predicted octanol–water partition coefficient (Wildman–Crippen LogP) is 2.63. The highest BCUT2D eigenvalue weighted by Crippen LogP contribution is 2.20. The number of benzene rings is 1. The van der Waals surface area contributed by atoms with Crippen molar-refractivity contribution in [3.8, 4) is 0 Å². The Bertz CT molecular complexity index is 754. The molecule has 0 radical (unpaired) electrons. The summed E-state index contributed by atoms with van der Waals surface area (Å²) in [6.45, 7) is 0.660. The van der Waals surface area contributed by atoms with Gasteiger partial charge in [-0.05, 0) is 43.4 Å². The van der Waals surface area contributed by atoms with E-state index < -0.39 is 23.7 Å². The molecule has 1 aromatic heterocycles. The Morgan fingerprint density at radius 3 is 2.65 bits per heavy atom. The van der Waals surface area contributed by atoms with Gasteiger partial charge in [0.1, 0.15) is 6.04 Å². The number of Topliss-reactive ketones (excluding diaryl/α,β-unsaturated/α-hetero) is 1. The standard InChI is InChI=1S/C20H21NO5/c22-18(17-11-6-13-25-17)19(23)21-12-4-10-16(21)20(24)26-14-5-9-15-7-2-1-3-8-15/h1-3,6-8,11,13,16H,4-5,9-10,12,14H2. The number of aryl methyl sites for hydroxylation is 1. The Kier molecular flexibility index (Phi) is 5.84. The molecule has 1 atom stereocenters. The zero-order valence-corrected chi connectivity index (χ0v) is 14.4. The summed E-state index contributed by atoms with van der Waals surface area (Å²) in [6.07, 6.45) is 4.04. The van der Waals surface area contributed by atoms with Gasteiger partial charge in [-0.15, -0.1) is 0 Å². The van der Waals surface area contributed by atoms with Crippen molar-refractivity contribution in [3.63, 3.8) is 0 Å². The molecule has 3 rings (SSSR count). The molecule has 1 unspecified atom stereocenters. The lowest BCUT2D eigenvalue weighted by atomic mass is 10.1. The number of esters is 1. The normalized spacial score (nSPS) is 16.5. The number of ketones is 1. The molecule has 2 heterocycles. The number of hydrogen-bond acceptors (Lipinski definition) is 5. The Morgan fingerprint density at radius 1 is 1.12 bits per heavy atom. The molecular formula is C20H21NO5. The average molecular weight is 355 g/mol. The van der Waals surface area contributed by atoms with E-state index in [1.165, 1.54) is 22.8 Å². The van der Waals surface area contributed by atoms with E-state index in [1.807, 2.05) is 30.3 Å². The highest BCUT2D eigenvalue weighted by Gasteiger charge is 2.38. The van der Waals surface area contributed by atoms with Crippen molar-refractivity contribution in [3.05, 3.63) is 60.1 Å². The van der Waals surface area contributed by atoms with Crippen LogP contribution in [0.5, 0.6) is 0 Å². The number of carbonyl (C=O) groups is 3. The molecule has 1 aliphatic heterocycles. The summed E-state index contributed by atoms with van der Waals surface area (Å²) in [6, 6.07) is 12.2. The van der Waals surface area contributed by atoms with E-state index in [1.54, 1.807) is 6.07 Å². The minimum atomic E-state index is -0.737. The summed E-state index contributed by atoms with van der Waals surface area (Å²) in [4.78, 5) is 38.1. The smallest absolute Gasteiger partial charge is 0.328 e. The van der Waals surface area contributed by atoms with E-state index in [0.717, 1.165) is 6.42 Å². The monoisotopic (exact) mass is 355 g/mol. The van der Waals surface area contributed by atoms with E-state index in [2.05, 4.69) is 0 Å². The third-order valence-corrected chi connectivity index (χ3v) is 4.42. The number of rotatable bonds is 7. The summed E-state index contributed by atoms with van der Waals surface area (Å²) >= 11 is 0. The first kappa shape index (κ1) is 17.9. The highest BCUT2D eigenvalue weighted by molar-refractivity contribution is 6.42. The van der Waals surface area contributed by atoms with Crippen LogP contribution < -0.4 is 0 Å². The van der Waals surface area contributed by atoms with Crippen LogP contribution in [0.15, 0.2) is 53.1 Å². The van der Waals surface area contributed by atoms with Crippen molar-refractivity contribution in [2.75, 3.05) is 13.2 Å². The molecule has 0 bridgehead atoms. The Hall–Kier alpha value is -2.89. The molecule has 6 heteroatoms. The summed E-state index contributed by atoms with van der Waals surface area (Å²) in [5, 5.41) is 0. The Balaban J connectivity index is 1.50. The van der Waals surface area contributed by atoms with Crippen molar-refractivity contribution in [1.82, 2.24) is 4.90 Å². The zero-order chi connectivity index (χ0) is 18.4. The lowest BCUT2D eigenvalue weighted by molar-refractivity contribution is -0.152. The number of ether oxygens (including phenoxy) is 1. The number of amides is 1. The van der Waals surface area contributed by atoms with Crippen LogP contribution in [0.3, 0.4) is 0 Å². The lowest BCUT2D eigenvalue weighted by Crippen LogP contribution is -2.44. The summed E-state index contributed by atoms with van der Waals surface area (Å²) in [5.74, 6) is -1.92. The van der Waals surface area contributed by atoms with Crippen LogP contribution in [-0.4, -0.2) is 41.8 Å². The molecule has 136 valence electrons. The van der Waals surface area contributed by atoms with Crippen LogP contribution in [0.1, 0.15) is 35.4 Å². The van der Waals surface area contributed by atoms with E-state index in [4.69, 9.17) is 9.15 Å². The average Bonchev–Trinajstić information content (AvgIpc) is 3.36. The summed E-state index contributed by atoms with van der Waals surface area (Å²) in [7, 11) is 0. The molecule has 1 aromatic carbocycles. The number of furan rings is 1. The van der Waals surface area contributed by atoms with Crippen molar-refractivity contribution in [2.45, 2.75) is 31.7 Å². The first-order valence-electron chi connectivity index (χ1n) is 8.76. The summed E-state index contributed by atoms with van der Waals surface area (Å²) in [5.41, 5.74) is 1.19. The number of likely N-dealkylation sites (tertiary alicyclic amines) is 1. The molecule has 0 saturated carbocycles. The molecule has 1 aliphatic rings. The molecule has 6 nitrogen and oxygen atoms in total. The van der Waals surface area contributed by atoms with Gasteiger partial charge in [-0.25, -0.2) is 4.79 Å². The van der Waals surface area contributed by atoms with Gasteiger partial charge in [0.15, 0.2) is 5.76 Å². The van der Waals surface area contributed by atoms with E-state index >= 15 is 0 Å². The van der Waals surface area contributed by atoms with Gasteiger partial charge >= 0.3 is 5.97 Å². The molecule has 0 aliphatic carbocycles. The Labute approximate surface area is 151 Å². The highest BCUT2D eigenvalue weighted by atomic mass is 16.5. The first-order chi connectivity index (χ1) is 12.7. The van der Waals surface area contributed by atoms with Crippen LogP contribution in [-0.2, 0) is 20.7 Å². The fraction of sp³-hybridized carbons (Fsp3) is 0.350. The van der Waals surface area contributed by atoms with Crippen LogP contribution in [0.4, 0.5) is 0 Å². The molecule has 0 N–H and O–H groups in total. The second-order valence-electron chi connectivity index (χ2n) is 6.22. The maximum atomic E-state index is 12.4. The quantitative estimate of drug-likeness (QED) is 0.330. The minimum Gasteiger partial charge on any atom is -0.464 e. The molecule has 1 amide bonds. The maximum Gasteiger partial charge on any atom is 0.328 e. The fourth-order valence-corrected chi connectivity index (χ4v) is 3.09. The number of nitrogens with zero attached hydrogens (tertiary/aromatic N) is 1. The van der Waals surface area contributed by atoms with Gasteiger partial charge in [-0.3, -0.25) is 9.59 Å². The van der Waals surface area contributed by atoms with Crippen LogP contribution >= 0.6 is 0 Å². The zero-order valence-electron chi connectivity index (χ0n) is 14.4. The minimum absolute atomic E-state index is 0.0168. The number of carbonyl (C=O) groups excluding carboxylic acids is 3. The van der Waals surface area contributed by atoms with Gasteiger partial charge in [0.05, 0.1) is 12.9 Å². The van der Waals surface area contributed by atoms with Gasteiger partial charge in [0.25, 0.3) is 11.7 Å². The van der Waals surface area contributed by atoms with Gasteiger partial charge in [0.2, 0.25) is 0 Å². The predicted molar refractivity (Wildman–Crippen MR) is 93.5 cm³/mol. The molecule has 2 aromatic rings. The topological polar surface area (TPSA) is 76.8 Å². The first-order valence-corrected chi connectivity index (χ1v) is 8.76. The summed E-state index contributed by atoms with van der Waals surface area (Å²) < 4.78 is 10.3. The number of hydrogen-bond donors (Lipinski definition) is 0. The largest absolute Gasteiger partial charge is 0.464 e. The van der Waals surface area contributed by atoms with Crippen LogP contribution in [0, 0.1) is 0 Å². The molecule has 1 fully saturated rings. The SMILES string of the molecule is O=C(C(=O)N1CCCC1C(=O)OCCCc1ccccc1)c1ccco1. The van der Waals surface area contributed by atoms with E-state index in [9.17, 15) is 14.4 Å². The van der Waals surface area contributed by atoms with Gasteiger partial charge in [0, 0.05) is 6.54 Å². The third kappa shape index (κ3) is 4.20. The van der Waals surface area contributed by atoms with Crippen molar-refractivity contribution >= 4 is 17.7 Å². The van der Waals surface area contributed by atoms with Crippen LogP contribution in [0.25, 0.3) is 0 Å². The molecular weight excluding hydrogens is 334 g/mol. The molecule has 1 saturated heterocycles. The molecule has 0 spiro atoms. The van der Waals surface area contributed by atoms with Crippen molar-refractivity contribution in [1.29, 1.82) is 0 Å². The van der Waals surface area contributed by atoms with E-state index in [-0.39, 0.29) is 5.76 Å². The van der Waals surface area contributed by atoms with Gasteiger partial charge in [-0.2, -0.15) is 0 Å². The van der Waals surface area contributed by atoms with Gasteiger partial charge in [-0.1, -0.05) is 30.3 Å². The maximum absolute atomic E-state index is 12.4. The van der Waals surface area contributed by atoms with E-state index in [0.29, 0.717) is 32.4 Å². The Morgan fingerprint density at radius 2 is 1.92 bits per heavy atom. The fourth-order valence-electron chi connectivity index (χ4n) is 3.09. The second-order valence-corrected chi connectivity index (χ2v) is 6.22. The second kappa shape index (κ2) is 8.47. The van der Waals surface area contributed by atoms with Crippen molar-refractivity contribution in [2.24, 2.45) is 0 Å². The lowest BCUT2D eigenvalue weighted by Gasteiger charge is -2.22. The van der Waals surface area contributed by atoms with Crippen molar-refractivity contribution < 1.29 is 23.5 Å². The van der Waals surface area contributed by atoms with Crippen LogP contribution in [0.2, 0.25) is 0 Å². The van der Waals surface area contributed by atoms with Gasteiger partial charge < -0.3 is 14.1 Å². The third-order valence-electron chi connectivity index (χ3n) is 4.42.